The van der Waals surface area contributed by atoms with Gasteiger partial charge in [-0.25, -0.2) is 8.78 Å². The zero-order valence-corrected chi connectivity index (χ0v) is 16.5. The topological polar surface area (TPSA) is 65.4 Å². The first kappa shape index (κ1) is 20.3. The highest BCUT2D eigenvalue weighted by Gasteiger charge is 2.22. The summed E-state index contributed by atoms with van der Waals surface area (Å²) in [5, 5.41) is 7.05. The predicted octanol–water partition coefficient (Wildman–Crippen LogP) is 3.87. The van der Waals surface area contributed by atoms with E-state index in [4.69, 9.17) is 9.47 Å². The van der Waals surface area contributed by atoms with Crippen LogP contribution in [0.5, 0.6) is 11.5 Å². The lowest BCUT2D eigenvalue weighted by atomic mass is 10.0. The van der Waals surface area contributed by atoms with Crippen LogP contribution in [0.15, 0.2) is 42.6 Å². The second-order valence-corrected chi connectivity index (χ2v) is 6.49. The Morgan fingerprint density at radius 1 is 1.14 bits per heavy atom. The lowest BCUT2D eigenvalue weighted by molar-refractivity contribution is 0.0940. The van der Waals surface area contributed by atoms with Gasteiger partial charge in [0.05, 0.1) is 25.8 Å². The van der Waals surface area contributed by atoms with Crippen molar-refractivity contribution in [1.82, 2.24) is 15.1 Å². The van der Waals surface area contributed by atoms with Crippen molar-refractivity contribution in [1.29, 1.82) is 0 Å². The Bertz CT molecular complexity index is 1050. The summed E-state index contributed by atoms with van der Waals surface area (Å²) in [4.78, 5) is 12.9. The van der Waals surface area contributed by atoms with Gasteiger partial charge in [-0.1, -0.05) is 0 Å². The Morgan fingerprint density at radius 2 is 1.90 bits per heavy atom. The Balaban J connectivity index is 1.90. The highest BCUT2D eigenvalue weighted by Crippen LogP contribution is 2.30. The number of aromatic nitrogens is 2. The molecular formula is C21H21F2N3O3. The summed E-state index contributed by atoms with van der Waals surface area (Å²) < 4.78 is 39.5. The molecule has 0 bridgehead atoms. The van der Waals surface area contributed by atoms with Crippen LogP contribution in [0, 0.1) is 11.6 Å². The molecule has 6 nitrogen and oxygen atoms in total. The van der Waals surface area contributed by atoms with E-state index in [2.05, 4.69) is 10.4 Å². The molecule has 0 aliphatic carbocycles. The SMILES string of the molecule is COc1ccc(C(C)NC(=O)c2cn(C)nc2-c2ccc(F)cc2F)c(OC)c1. The largest absolute Gasteiger partial charge is 0.497 e. The predicted molar refractivity (Wildman–Crippen MR) is 104 cm³/mol. The molecule has 0 aliphatic heterocycles. The van der Waals surface area contributed by atoms with Crippen molar-refractivity contribution in [2.75, 3.05) is 14.2 Å². The number of carbonyl (C=O) groups is 1. The minimum Gasteiger partial charge on any atom is -0.497 e. The summed E-state index contributed by atoms with van der Waals surface area (Å²) in [5.74, 6) is -0.739. The molecule has 0 spiro atoms. The smallest absolute Gasteiger partial charge is 0.255 e. The van der Waals surface area contributed by atoms with Crippen LogP contribution in [0.2, 0.25) is 0 Å². The molecule has 3 rings (SSSR count). The number of halogens is 2. The zero-order chi connectivity index (χ0) is 21.1. The Hall–Kier alpha value is -3.42. The van der Waals surface area contributed by atoms with E-state index in [1.807, 2.05) is 0 Å². The fourth-order valence-corrected chi connectivity index (χ4v) is 3.06. The first-order valence-electron chi connectivity index (χ1n) is 8.86. The molecule has 1 aromatic heterocycles. The molecule has 3 aromatic rings. The van der Waals surface area contributed by atoms with E-state index in [1.54, 1.807) is 39.3 Å². The van der Waals surface area contributed by atoms with Gasteiger partial charge in [0.2, 0.25) is 0 Å². The number of benzene rings is 2. The van der Waals surface area contributed by atoms with Gasteiger partial charge in [0, 0.05) is 36.5 Å². The molecule has 0 saturated carbocycles. The number of methoxy groups -OCH3 is 2. The third-order valence-electron chi connectivity index (χ3n) is 4.51. The van der Waals surface area contributed by atoms with Crippen molar-refractivity contribution in [3.05, 3.63) is 65.4 Å². The third-order valence-corrected chi connectivity index (χ3v) is 4.51. The van der Waals surface area contributed by atoms with E-state index in [-0.39, 0.29) is 16.8 Å². The van der Waals surface area contributed by atoms with Crippen molar-refractivity contribution in [2.45, 2.75) is 13.0 Å². The van der Waals surface area contributed by atoms with Crippen LogP contribution < -0.4 is 14.8 Å². The number of carbonyl (C=O) groups excluding carboxylic acids is 1. The highest BCUT2D eigenvalue weighted by molar-refractivity contribution is 6.00. The molecule has 0 fully saturated rings. The fourth-order valence-electron chi connectivity index (χ4n) is 3.06. The normalized spacial score (nSPS) is 11.8. The maximum absolute atomic E-state index is 14.2. The number of nitrogens with one attached hydrogen (secondary N) is 1. The van der Waals surface area contributed by atoms with E-state index >= 15 is 0 Å². The average Bonchev–Trinajstić information content (AvgIpc) is 3.08. The molecule has 2 aromatic carbocycles. The number of rotatable bonds is 6. The van der Waals surface area contributed by atoms with Crippen LogP contribution in [-0.2, 0) is 7.05 Å². The lowest BCUT2D eigenvalue weighted by Gasteiger charge is -2.18. The van der Waals surface area contributed by atoms with Gasteiger partial charge in [-0.15, -0.1) is 0 Å². The first-order chi connectivity index (χ1) is 13.8. The molecule has 0 radical (unpaired) electrons. The minimum atomic E-state index is -0.789. The standard InChI is InChI=1S/C21H21F2N3O3/c1-12(15-8-6-14(28-3)10-19(15)29-4)24-21(27)17-11-26(2)25-20(17)16-7-5-13(22)9-18(16)23/h5-12H,1-4H3,(H,24,27). The van der Waals surface area contributed by atoms with E-state index in [0.717, 1.165) is 17.7 Å². The number of ether oxygens (including phenoxy) is 2. The average molecular weight is 401 g/mol. The molecule has 152 valence electrons. The Kier molecular flexibility index (Phi) is 5.81. The van der Waals surface area contributed by atoms with E-state index < -0.39 is 23.6 Å². The number of amides is 1. The van der Waals surface area contributed by atoms with E-state index in [1.165, 1.54) is 24.1 Å². The Morgan fingerprint density at radius 3 is 2.55 bits per heavy atom. The third kappa shape index (κ3) is 4.21. The van der Waals surface area contributed by atoms with Crippen molar-refractivity contribution in [2.24, 2.45) is 7.05 Å². The zero-order valence-electron chi connectivity index (χ0n) is 16.5. The molecule has 1 heterocycles. The number of hydrogen-bond acceptors (Lipinski definition) is 4. The van der Waals surface area contributed by atoms with Crippen LogP contribution in [-0.4, -0.2) is 29.9 Å². The summed E-state index contributed by atoms with van der Waals surface area (Å²) in [5.41, 5.74) is 1.11. The van der Waals surface area contributed by atoms with Crippen LogP contribution in [0.3, 0.4) is 0 Å². The van der Waals surface area contributed by atoms with Gasteiger partial charge in [0.1, 0.15) is 28.8 Å². The van der Waals surface area contributed by atoms with E-state index in [9.17, 15) is 13.6 Å². The van der Waals surface area contributed by atoms with E-state index in [0.29, 0.717) is 11.5 Å². The van der Waals surface area contributed by atoms with Crippen molar-refractivity contribution in [3.8, 4) is 22.8 Å². The van der Waals surface area contributed by atoms with Gasteiger partial charge < -0.3 is 14.8 Å². The number of hydrogen-bond donors (Lipinski definition) is 1. The Labute approximate surface area is 167 Å². The summed E-state index contributed by atoms with van der Waals surface area (Å²) in [6, 6.07) is 8.03. The quantitative estimate of drug-likeness (QED) is 0.681. The maximum atomic E-state index is 14.2. The number of aryl methyl sites for hydroxylation is 1. The van der Waals surface area contributed by atoms with Gasteiger partial charge in [0.25, 0.3) is 5.91 Å². The molecule has 29 heavy (non-hydrogen) atoms. The van der Waals surface area contributed by atoms with Crippen LogP contribution in [0.4, 0.5) is 8.78 Å². The molecule has 1 atom stereocenters. The summed E-state index contributed by atoms with van der Waals surface area (Å²) in [7, 11) is 4.71. The monoisotopic (exact) mass is 401 g/mol. The molecule has 0 aliphatic rings. The summed E-state index contributed by atoms with van der Waals surface area (Å²) >= 11 is 0. The van der Waals surface area contributed by atoms with Crippen LogP contribution in [0.25, 0.3) is 11.3 Å². The van der Waals surface area contributed by atoms with Crippen molar-refractivity contribution < 1.29 is 23.0 Å². The first-order valence-corrected chi connectivity index (χ1v) is 8.86. The molecule has 1 unspecified atom stereocenters. The highest BCUT2D eigenvalue weighted by atomic mass is 19.1. The van der Waals surface area contributed by atoms with Gasteiger partial charge in [-0.2, -0.15) is 5.10 Å². The summed E-state index contributed by atoms with van der Waals surface area (Å²) in [6.45, 7) is 1.80. The molecule has 8 heteroatoms. The maximum Gasteiger partial charge on any atom is 0.255 e. The number of nitrogens with zero attached hydrogens (tertiary/aromatic N) is 2. The molecule has 0 saturated heterocycles. The van der Waals surface area contributed by atoms with Gasteiger partial charge in [-0.3, -0.25) is 9.48 Å². The minimum absolute atomic E-state index is 0.0480. The van der Waals surface area contributed by atoms with Crippen LogP contribution in [0.1, 0.15) is 28.9 Å². The van der Waals surface area contributed by atoms with Crippen molar-refractivity contribution in [3.63, 3.8) is 0 Å². The summed E-state index contributed by atoms with van der Waals surface area (Å²) in [6.07, 6.45) is 1.49. The molecular weight excluding hydrogens is 380 g/mol. The second kappa shape index (κ2) is 8.30. The second-order valence-electron chi connectivity index (χ2n) is 6.49. The molecule has 1 N–H and O–H groups in total. The fraction of sp³-hybridized carbons (Fsp3) is 0.238. The van der Waals surface area contributed by atoms with Crippen molar-refractivity contribution >= 4 is 5.91 Å². The molecule has 1 amide bonds. The lowest BCUT2D eigenvalue weighted by Crippen LogP contribution is -2.27. The van der Waals surface area contributed by atoms with Crippen LogP contribution >= 0.6 is 0 Å². The van der Waals surface area contributed by atoms with Gasteiger partial charge in [0.15, 0.2) is 0 Å². The van der Waals surface area contributed by atoms with Gasteiger partial charge >= 0.3 is 0 Å². The van der Waals surface area contributed by atoms with Gasteiger partial charge in [-0.05, 0) is 31.2 Å².